The first-order valence-electron chi connectivity index (χ1n) is 5.75. The maximum absolute atomic E-state index is 5.20. The second-order valence-corrected chi connectivity index (χ2v) is 4.66. The van der Waals surface area contributed by atoms with E-state index in [-0.39, 0.29) is 0 Å². The average Bonchev–Trinajstić information content (AvgIpc) is 2.46. The highest BCUT2D eigenvalue weighted by atomic mass is 79.9. The van der Waals surface area contributed by atoms with Crippen molar-refractivity contribution >= 4 is 22.1 Å². The van der Waals surface area contributed by atoms with Crippen molar-refractivity contribution in [2.24, 2.45) is 5.16 Å². The van der Waals surface area contributed by atoms with Gasteiger partial charge in [0.2, 0.25) is 0 Å². The van der Waals surface area contributed by atoms with E-state index in [1.54, 1.807) is 7.11 Å². The summed E-state index contributed by atoms with van der Waals surface area (Å²) < 4.78 is 6.02. The molecular formula is C15H13BrNO2. The average molecular weight is 319 g/mol. The SMILES string of the molecule is COc1ccc(CO/N=[C]\c2ccccc2Br)cc1. The van der Waals surface area contributed by atoms with Gasteiger partial charge in [-0.2, -0.15) is 0 Å². The molecule has 0 aromatic heterocycles. The molecule has 0 atom stereocenters. The summed E-state index contributed by atoms with van der Waals surface area (Å²) in [5.74, 6) is 0.826. The number of benzene rings is 2. The lowest BCUT2D eigenvalue weighted by Gasteiger charge is -2.02. The van der Waals surface area contributed by atoms with Crippen molar-refractivity contribution < 1.29 is 9.57 Å². The highest BCUT2D eigenvalue weighted by Gasteiger charge is 1.96. The zero-order valence-corrected chi connectivity index (χ0v) is 12.1. The van der Waals surface area contributed by atoms with Crippen LogP contribution in [0.3, 0.4) is 0 Å². The fourth-order valence-electron chi connectivity index (χ4n) is 1.46. The molecule has 0 N–H and O–H groups in total. The Morgan fingerprint density at radius 3 is 2.53 bits per heavy atom. The summed E-state index contributed by atoms with van der Waals surface area (Å²) in [6, 6.07) is 15.4. The molecule has 97 valence electrons. The van der Waals surface area contributed by atoms with Crippen LogP contribution in [0.5, 0.6) is 5.75 Å². The first-order chi connectivity index (χ1) is 9.29. The van der Waals surface area contributed by atoms with Crippen LogP contribution in [0.25, 0.3) is 0 Å². The Morgan fingerprint density at radius 2 is 1.84 bits per heavy atom. The summed E-state index contributed by atoms with van der Waals surface area (Å²) in [7, 11) is 1.64. The molecule has 2 aromatic rings. The first kappa shape index (κ1) is 13.6. The van der Waals surface area contributed by atoms with Gasteiger partial charge in [-0.15, -0.1) is 0 Å². The van der Waals surface area contributed by atoms with Crippen molar-refractivity contribution in [3.63, 3.8) is 0 Å². The van der Waals surface area contributed by atoms with Gasteiger partial charge in [-0.05, 0) is 23.8 Å². The number of methoxy groups -OCH3 is 1. The quantitative estimate of drug-likeness (QED) is 0.618. The van der Waals surface area contributed by atoms with Crippen LogP contribution >= 0.6 is 15.9 Å². The van der Waals surface area contributed by atoms with E-state index < -0.39 is 0 Å². The highest BCUT2D eigenvalue weighted by molar-refractivity contribution is 9.10. The molecule has 0 aliphatic rings. The molecule has 0 amide bonds. The molecule has 0 unspecified atom stereocenters. The molecule has 0 saturated carbocycles. The third kappa shape index (κ3) is 4.10. The van der Waals surface area contributed by atoms with Crippen LogP contribution < -0.4 is 4.74 Å². The second-order valence-electron chi connectivity index (χ2n) is 3.80. The van der Waals surface area contributed by atoms with Gasteiger partial charge in [0.15, 0.2) is 0 Å². The van der Waals surface area contributed by atoms with Gasteiger partial charge in [-0.1, -0.05) is 51.4 Å². The van der Waals surface area contributed by atoms with Gasteiger partial charge in [0.05, 0.1) is 7.11 Å². The summed E-state index contributed by atoms with van der Waals surface area (Å²) in [5, 5.41) is 3.83. The number of hydrogen-bond acceptors (Lipinski definition) is 3. The second kappa shape index (κ2) is 6.95. The van der Waals surface area contributed by atoms with Crippen LogP contribution in [-0.2, 0) is 11.4 Å². The Kier molecular flexibility index (Phi) is 4.98. The predicted molar refractivity (Wildman–Crippen MR) is 78.5 cm³/mol. The lowest BCUT2D eigenvalue weighted by Crippen LogP contribution is -1.89. The van der Waals surface area contributed by atoms with Gasteiger partial charge in [0.1, 0.15) is 18.6 Å². The summed E-state index contributed by atoms with van der Waals surface area (Å²) in [5.41, 5.74) is 1.88. The van der Waals surface area contributed by atoms with Gasteiger partial charge in [-0.3, -0.25) is 0 Å². The number of nitrogens with zero attached hydrogens (tertiary/aromatic N) is 1. The molecule has 0 heterocycles. The molecular weight excluding hydrogens is 306 g/mol. The third-order valence-electron chi connectivity index (χ3n) is 2.49. The molecule has 1 radical (unpaired) electrons. The van der Waals surface area contributed by atoms with Crippen LogP contribution in [0, 0.1) is 0 Å². The van der Waals surface area contributed by atoms with Gasteiger partial charge in [0, 0.05) is 10.0 Å². The lowest BCUT2D eigenvalue weighted by molar-refractivity contribution is 0.132. The van der Waals surface area contributed by atoms with Crippen LogP contribution in [0.2, 0.25) is 0 Å². The monoisotopic (exact) mass is 318 g/mol. The van der Waals surface area contributed by atoms with Crippen molar-refractivity contribution in [3.8, 4) is 5.75 Å². The van der Waals surface area contributed by atoms with E-state index in [9.17, 15) is 0 Å². The van der Waals surface area contributed by atoms with Crippen molar-refractivity contribution in [1.82, 2.24) is 0 Å². The standard InChI is InChI=1S/C15H13BrNO2/c1-18-14-8-6-12(7-9-14)11-19-17-10-13-4-2-3-5-15(13)16/h2-9H,11H2,1H3. The fourth-order valence-corrected chi connectivity index (χ4v) is 1.84. The summed E-state index contributed by atoms with van der Waals surface area (Å²) in [4.78, 5) is 5.20. The van der Waals surface area contributed by atoms with Gasteiger partial charge < -0.3 is 9.57 Å². The molecule has 2 rings (SSSR count). The van der Waals surface area contributed by atoms with E-state index in [0.717, 1.165) is 21.3 Å². The molecule has 19 heavy (non-hydrogen) atoms. The highest BCUT2D eigenvalue weighted by Crippen LogP contribution is 2.14. The van der Waals surface area contributed by atoms with E-state index in [2.05, 4.69) is 27.3 Å². The van der Waals surface area contributed by atoms with Gasteiger partial charge >= 0.3 is 0 Å². The van der Waals surface area contributed by atoms with Gasteiger partial charge in [-0.25, -0.2) is 0 Å². The predicted octanol–water partition coefficient (Wildman–Crippen LogP) is 3.89. The Bertz CT molecular complexity index is 552. The van der Waals surface area contributed by atoms with Crippen LogP contribution in [0.1, 0.15) is 11.1 Å². The van der Waals surface area contributed by atoms with Crippen molar-refractivity contribution in [1.29, 1.82) is 0 Å². The zero-order chi connectivity index (χ0) is 13.5. The van der Waals surface area contributed by atoms with Crippen molar-refractivity contribution in [3.05, 3.63) is 64.1 Å². The molecule has 3 nitrogen and oxygen atoms in total. The zero-order valence-electron chi connectivity index (χ0n) is 10.5. The summed E-state index contributed by atoms with van der Waals surface area (Å²) in [6.07, 6.45) is 2.84. The van der Waals surface area contributed by atoms with Crippen LogP contribution in [0.4, 0.5) is 0 Å². The van der Waals surface area contributed by atoms with Crippen molar-refractivity contribution in [2.45, 2.75) is 6.61 Å². The van der Waals surface area contributed by atoms with Crippen molar-refractivity contribution in [2.75, 3.05) is 7.11 Å². The third-order valence-corrected chi connectivity index (χ3v) is 3.19. The van der Waals surface area contributed by atoms with E-state index in [1.807, 2.05) is 48.5 Å². The largest absolute Gasteiger partial charge is 0.497 e. The molecule has 0 saturated heterocycles. The minimum atomic E-state index is 0.404. The minimum Gasteiger partial charge on any atom is -0.497 e. The number of halogens is 1. The molecule has 2 aromatic carbocycles. The molecule has 4 heteroatoms. The fraction of sp³-hybridized carbons (Fsp3) is 0.133. The normalized spacial score (nSPS) is 10.6. The molecule has 0 fully saturated rings. The maximum Gasteiger partial charge on any atom is 0.142 e. The Balaban J connectivity index is 1.87. The number of ether oxygens (including phenoxy) is 1. The van der Waals surface area contributed by atoms with E-state index >= 15 is 0 Å². The maximum atomic E-state index is 5.20. The Labute approximate surface area is 121 Å². The number of rotatable bonds is 5. The first-order valence-corrected chi connectivity index (χ1v) is 6.54. The van der Waals surface area contributed by atoms with Crippen LogP contribution in [0.15, 0.2) is 58.2 Å². The van der Waals surface area contributed by atoms with E-state index in [1.165, 1.54) is 0 Å². The smallest absolute Gasteiger partial charge is 0.142 e. The molecule has 0 aliphatic carbocycles. The topological polar surface area (TPSA) is 30.8 Å². The van der Waals surface area contributed by atoms with Crippen LogP contribution in [-0.4, -0.2) is 13.3 Å². The molecule has 0 aliphatic heterocycles. The Morgan fingerprint density at radius 1 is 1.11 bits per heavy atom. The van der Waals surface area contributed by atoms with E-state index in [4.69, 9.17) is 9.57 Å². The summed E-state index contributed by atoms with van der Waals surface area (Å²) in [6.45, 7) is 0.404. The van der Waals surface area contributed by atoms with E-state index in [0.29, 0.717) is 6.61 Å². The number of hydrogen-bond donors (Lipinski definition) is 0. The molecule has 0 spiro atoms. The molecule has 0 bridgehead atoms. The Hall–Kier alpha value is -1.81. The minimum absolute atomic E-state index is 0.404. The summed E-state index contributed by atoms with van der Waals surface area (Å²) >= 11 is 3.42. The van der Waals surface area contributed by atoms with Gasteiger partial charge in [0.25, 0.3) is 0 Å². The lowest BCUT2D eigenvalue weighted by atomic mass is 10.2.